The van der Waals surface area contributed by atoms with E-state index in [0.717, 1.165) is 0 Å². The molecule has 1 heterocycles. The first-order valence-corrected chi connectivity index (χ1v) is 8.92. The molecular formula is C9H19Cl3N2O3P+. The Hall–Kier alpha value is 1.10. The van der Waals surface area contributed by atoms with Gasteiger partial charge in [-0.25, -0.2) is 0 Å². The highest BCUT2D eigenvalue weighted by Gasteiger charge is 2.57. The van der Waals surface area contributed by atoms with Gasteiger partial charge in [-0.1, -0.05) is 4.67 Å². The van der Waals surface area contributed by atoms with E-state index in [4.69, 9.17) is 39.3 Å². The number of halogens is 3. The highest BCUT2D eigenvalue weighted by atomic mass is 35.5. The van der Waals surface area contributed by atoms with E-state index in [9.17, 15) is 10.00 Å². The fourth-order valence-corrected chi connectivity index (χ4v) is 5.33. The Morgan fingerprint density at radius 2 is 1.83 bits per heavy atom. The quantitative estimate of drug-likeness (QED) is 0.546. The molecule has 1 fully saturated rings. The third-order valence-corrected chi connectivity index (χ3v) is 6.00. The molecule has 2 atom stereocenters. The van der Waals surface area contributed by atoms with Crippen LogP contribution in [-0.4, -0.2) is 69.4 Å². The second-order valence-electron chi connectivity index (χ2n) is 3.80. The highest BCUT2D eigenvalue weighted by Crippen LogP contribution is 2.64. The van der Waals surface area contributed by atoms with Crippen LogP contribution in [0.4, 0.5) is 0 Å². The lowest BCUT2D eigenvalue weighted by Crippen LogP contribution is -2.48. The van der Waals surface area contributed by atoms with E-state index in [1.54, 1.807) is 4.67 Å². The summed E-state index contributed by atoms with van der Waals surface area (Å²) >= 11 is 17.2. The second kappa shape index (κ2) is 8.40. The van der Waals surface area contributed by atoms with Crippen LogP contribution >= 0.6 is 42.8 Å². The molecule has 108 valence electrons. The number of aliphatic hydroxyl groups excluding tert-OH is 1. The third-order valence-electron chi connectivity index (χ3n) is 2.69. The van der Waals surface area contributed by atoms with Crippen molar-refractivity contribution < 1.29 is 14.5 Å². The van der Waals surface area contributed by atoms with Crippen molar-refractivity contribution in [2.75, 3.05) is 43.9 Å². The van der Waals surface area contributed by atoms with Crippen molar-refractivity contribution in [3.63, 3.8) is 0 Å². The summed E-state index contributed by atoms with van der Waals surface area (Å²) in [4.78, 5) is 10.8. The van der Waals surface area contributed by atoms with E-state index in [2.05, 4.69) is 0 Å². The molecule has 1 aliphatic rings. The Morgan fingerprint density at radius 1 is 1.22 bits per heavy atom. The summed E-state index contributed by atoms with van der Waals surface area (Å²) in [6, 6.07) is 0. The first-order valence-electron chi connectivity index (χ1n) is 5.75. The lowest BCUT2D eigenvalue weighted by Gasteiger charge is -2.40. The molecule has 0 aromatic rings. The molecule has 0 saturated carbocycles. The van der Waals surface area contributed by atoms with Gasteiger partial charge in [-0.15, -0.1) is 39.5 Å². The average molecular weight is 341 g/mol. The van der Waals surface area contributed by atoms with E-state index in [-0.39, 0.29) is 0 Å². The van der Waals surface area contributed by atoms with Gasteiger partial charge in [0, 0.05) is 24.1 Å². The second-order valence-corrected chi connectivity index (χ2v) is 7.30. The predicted molar refractivity (Wildman–Crippen MR) is 76.2 cm³/mol. The highest BCUT2D eigenvalue weighted by molar-refractivity contribution is 7.60. The number of hydrogen-bond donors (Lipinski definition) is 2. The third kappa shape index (κ3) is 4.05. The van der Waals surface area contributed by atoms with Gasteiger partial charge in [0.25, 0.3) is 0 Å². The topological polar surface area (TPSA) is 56.2 Å². The minimum Gasteiger partial charge on any atom is -0.375 e. The number of aliphatic hydroxyl groups is 1. The lowest BCUT2D eigenvalue weighted by atomic mass is 10.4. The smallest absolute Gasteiger partial charge is 0.375 e. The van der Waals surface area contributed by atoms with Crippen LogP contribution in [0.2, 0.25) is 0 Å². The summed E-state index contributed by atoms with van der Waals surface area (Å²) in [7, 11) is -3.03. The number of alkyl halides is 3. The lowest BCUT2D eigenvalue weighted by molar-refractivity contribution is -0.0121. The van der Waals surface area contributed by atoms with Crippen LogP contribution < -0.4 is 0 Å². The predicted octanol–water partition coefficient (Wildman–Crippen LogP) is 1.72. The van der Waals surface area contributed by atoms with Gasteiger partial charge in [0.05, 0.1) is 19.6 Å². The van der Waals surface area contributed by atoms with Crippen molar-refractivity contribution in [2.45, 2.75) is 12.6 Å². The Morgan fingerprint density at radius 3 is 2.33 bits per heavy atom. The average Bonchev–Trinajstić information content (AvgIpc) is 2.34. The van der Waals surface area contributed by atoms with Gasteiger partial charge in [0.2, 0.25) is 0 Å². The van der Waals surface area contributed by atoms with Crippen LogP contribution in [0, 0.1) is 0 Å². The van der Waals surface area contributed by atoms with E-state index < -0.39 is 14.2 Å². The van der Waals surface area contributed by atoms with Gasteiger partial charge in [-0.05, 0) is 0 Å². The Bertz CT molecular complexity index is 249. The molecule has 0 aromatic heterocycles. The summed E-state index contributed by atoms with van der Waals surface area (Å²) in [5, 5.41) is 9.98. The minimum absolute atomic E-state index is 0.304. The monoisotopic (exact) mass is 339 g/mol. The van der Waals surface area contributed by atoms with Crippen LogP contribution in [0.3, 0.4) is 0 Å². The fourth-order valence-electron chi connectivity index (χ4n) is 1.85. The van der Waals surface area contributed by atoms with Crippen molar-refractivity contribution >= 4 is 42.8 Å². The zero-order valence-electron chi connectivity index (χ0n) is 10.0. The minimum atomic E-state index is -3.03. The Balaban J connectivity index is 2.87. The van der Waals surface area contributed by atoms with Gasteiger partial charge in [0.15, 0.2) is 0 Å². The molecule has 0 bridgehead atoms. The zero-order valence-corrected chi connectivity index (χ0v) is 13.2. The van der Waals surface area contributed by atoms with Crippen molar-refractivity contribution in [2.24, 2.45) is 0 Å². The largest absolute Gasteiger partial charge is 0.436 e. The van der Waals surface area contributed by atoms with Crippen LogP contribution in [0.1, 0.15) is 6.42 Å². The first kappa shape index (κ1) is 17.2. The summed E-state index contributed by atoms with van der Waals surface area (Å²) < 4.78 is 8.79. The number of rotatable bonds is 7. The van der Waals surface area contributed by atoms with Gasteiger partial charge in [-0.3, -0.25) is 0 Å². The van der Waals surface area contributed by atoms with Gasteiger partial charge >= 0.3 is 8.02 Å². The summed E-state index contributed by atoms with van der Waals surface area (Å²) in [5.41, 5.74) is 0. The van der Waals surface area contributed by atoms with E-state index in [1.807, 2.05) is 0 Å². The molecular weight excluding hydrogens is 321 g/mol. The summed E-state index contributed by atoms with van der Waals surface area (Å²) in [6.45, 7) is 1.56. The Kier molecular flexibility index (Phi) is 8.01. The molecule has 9 heteroatoms. The molecule has 2 N–H and O–H groups in total. The van der Waals surface area contributed by atoms with Crippen LogP contribution in [-0.2, 0) is 4.52 Å². The SMILES string of the molecule is OC1CCO[P+](O)(N(CCCl)CCCl)N1CCCl. The molecule has 0 amide bonds. The van der Waals surface area contributed by atoms with Crippen LogP contribution in [0.5, 0.6) is 0 Å². The molecule has 18 heavy (non-hydrogen) atoms. The molecule has 0 aliphatic carbocycles. The van der Waals surface area contributed by atoms with E-state index >= 15 is 0 Å². The van der Waals surface area contributed by atoms with Gasteiger partial charge < -0.3 is 5.11 Å². The molecule has 1 saturated heterocycles. The van der Waals surface area contributed by atoms with Crippen molar-refractivity contribution in [1.29, 1.82) is 0 Å². The van der Waals surface area contributed by atoms with Crippen LogP contribution in [0.15, 0.2) is 0 Å². The maximum Gasteiger partial charge on any atom is 0.436 e. The van der Waals surface area contributed by atoms with Crippen molar-refractivity contribution in [3.8, 4) is 0 Å². The molecule has 0 aromatic carbocycles. The summed E-state index contributed by atoms with van der Waals surface area (Å²) in [6.07, 6.45) is -0.293. The molecule has 0 radical (unpaired) electrons. The zero-order chi connectivity index (χ0) is 13.6. The first-order chi connectivity index (χ1) is 8.60. The standard InChI is InChI=1S/C9H19Cl3N2O3P/c10-2-5-13(6-3-11)18(16)14(7-4-12)9(15)1-8-17-18/h9,15-16H,1-8H2/q+1. The maximum absolute atomic E-state index is 10.8. The van der Waals surface area contributed by atoms with Gasteiger partial charge in [0.1, 0.15) is 12.8 Å². The van der Waals surface area contributed by atoms with E-state index in [1.165, 1.54) is 4.67 Å². The van der Waals surface area contributed by atoms with Crippen molar-refractivity contribution in [1.82, 2.24) is 9.34 Å². The number of hydrogen-bond acceptors (Lipinski definition) is 5. The molecule has 1 rings (SSSR count). The van der Waals surface area contributed by atoms with Gasteiger partial charge in [-0.2, -0.15) is 9.42 Å². The van der Waals surface area contributed by atoms with Crippen LogP contribution in [0.25, 0.3) is 0 Å². The van der Waals surface area contributed by atoms with E-state index in [0.29, 0.717) is 50.3 Å². The normalized spacial score (nSPS) is 30.0. The summed E-state index contributed by atoms with van der Waals surface area (Å²) in [5.74, 6) is 1.01. The fraction of sp³-hybridized carbons (Fsp3) is 1.00. The van der Waals surface area contributed by atoms with Crippen molar-refractivity contribution in [3.05, 3.63) is 0 Å². The molecule has 1 aliphatic heterocycles. The molecule has 2 unspecified atom stereocenters. The molecule has 5 nitrogen and oxygen atoms in total. The Labute approximate surface area is 123 Å². The maximum atomic E-state index is 10.8. The number of nitrogens with zero attached hydrogens (tertiary/aromatic N) is 2. The molecule has 0 spiro atoms.